The molecule has 1 aliphatic carbocycles. The molecule has 39 heavy (non-hydrogen) atoms. The van der Waals surface area contributed by atoms with Crippen molar-refractivity contribution in [1.82, 2.24) is 30.7 Å². The van der Waals surface area contributed by atoms with Gasteiger partial charge in [0.15, 0.2) is 6.35 Å². The second kappa shape index (κ2) is 11.8. The molecule has 0 aromatic heterocycles. The number of piperazine rings is 1. The fourth-order valence-electron chi connectivity index (χ4n) is 7.81. The molecule has 7 atom stereocenters. The lowest BCUT2D eigenvalue weighted by molar-refractivity contribution is -0.135. The fourth-order valence-corrected chi connectivity index (χ4v) is 9.40. The molecule has 3 saturated heterocycles. The molecule has 1 saturated carbocycles. The molecular formula is C30H46N6O2S. The number of likely N-dealkylation sites (N-methyl/N-ethyl adjacent to an activating group) is 2. The number of ether oxygens (including phenoxy) is 1. The summed E-state index contributed by atoms with van der Waals surface area (Å²) in [6.45, 7) is 8.88. The Morgan fingerprint density at radius 2 is 2.10 bits per heavy atom. The van der Waals surface area contributed by atoms with E-state index < -0.39 is 0 Å². The van der Waals surface area contributed by atoms with E-state index in [1.165, 1.54) is 48.6 Å². The lowest BCUT2D eigenvalue weighted by Crippen LogP contribution is -2.73. The van der Waals surface area contributed by atoms with Crippen LogP contribution in [0.15, 0.2) is 41.8 Å². The van der Waals surface area contributed by atoms with Crippen LogP contribution in [0.4, 0.5) is 0 Å². The number of fused-ring (bicyclic) bond motifs is 2. The number of nitrogens with zero attached hydrogens (tertiary/aromatic N) is 3. The molecule has 4 aliphatic heterocycles. The number of carbonyl (C=O) groups is 1. The molecule has 1 spiro atoms. The second-order valence-electron chi connectivity index (χ2n) is 12.3. The van der Waals surface area contributed by atoms with Gasteiger partial charge in [0.05, 0.1) is 18.8 Å². The molecular weight excluding hydrogens is 508 g/mol. The van der Waals surface area contributed by atoms with Crippen LogP contribution in [0.2, 0.25) is 0 Å². The van der Waals surface area contributed by atoms with Crippen LogP contribution in [-0.4, -0.2) is 109 Å². The molecule has 4 heterocycles. The Labute approximate surface area is 238 Å². The van der Waals surface area contributed by atoms with Gasteiger partial charge in [-0.2, -0.15) is 0 Å². The highest BCUT2D eigenvalue weighted by Crippen LogP contribution is 2.54. The number of amides is 1. The number of likely N-dealkylation sites (tertiary alicyclic amines) is 1. The first-order valence-electron chi connectivity index (χ1n) is 14.9. The van der Waals surface area contributed by atoms with Crippen LogP contribution in [0.1, 0.15) is 37.7 Å². The average Bonchev–Trinajstić information content (AvgIpc) is 3.52. The molecule has 0 bridgehead atoms. The van der Waals surface area contributed by atoms with Crippen LogP contribution in [-0.2, 0) is 16.0 Å². The maximum absolute atomic E-state index is 12.6. The molecule has 5 aliphatic rings. The van der Waals surface area contributed by atoms with Crippen molar-refractivity contribution in [1.29, 1.82) is 0 Å². The molecule has 214 valence electrons. The average molecular weight is 555 g/mol. The van der Waals surface area contributed by atoms with Gasteiger partial charge in [-0.25, -0.2) is 0 Å². The molecule has 6 rings (SSSR count). The third kappa shape index (κ3) is 5.69. The van der Waals surface area contributed by atoms with Crippen molar-refractivity contribution in [2.24, 2.45) is 5.92 Å². The topological polar surface area (TPSA) is 72.1 Å². The number of nitrogens with one attached hydrogen (secondary N) is 3. The standard InChI is InChI=1S/C30H46N6O2S/c1-4-27(37)36-15-14-35(19-23(36)18-31-2)28-24-11-12-30(16-21-8-5-6-10-26(21)39-30)17-25(24)32-29(33-28)38-20-22-9-7-13-34(22)3/h4-6,8,10,22-25,28-29,31-33H,1,7,9,11-20H2,2-3H3/t22?,23?,24?,25?,28?,29?,30-/m0/s1. The Balaban J connectivity index is 1.20. The van der Waals surface area contributed by atoms with Crippen molar-refractivity contribution < 1.29 is 9.53 Å². The van der Waals surface area contributed by atoms with E-state index in [1.54, 1.807) is 0 Å². The zero-order chi connectivity index (χ0) is 27.0. The SMILES string of the molecule is C=CC(=O)N1CCN(C2NC(OCC3CCCN3C)NC3C[C@]4(CCC32)Cc2ccccc2S4)CC1CNC. The summed E-state index contributed by atoms with van der Waals surface area (Å²) in [5.41, 5.74) is 1.52. The van der Waals surface area contributed by atoms with Crippen molar-refractivity contribution in [3.05, 3.63) is 42.5 Å². The zero-order valence-electron chi connectivity index (χ0n) is 23.6. The van der Waals surface area contributed by atoms with Gasteiger partial charge in [0.1, 0.15) is 0 Å². The van der Waals surface area contributed by atoms with Gasteiger partial charge in [-0.1, -0.05) is 24.8 Å². The second-order valence-corrected chi connectivity index (χ2v) is 13.8. The Morgan fingerprint density at radius 1 is 1.23 bits per heavy atom. The molecule has 1 aromatic rings. The van der Waals surface area contributed by atoms with Gasteiger partial charge in [-0.3, -0.25) is 20.3 Å². The third-order valence-electron chi connectivity index (χ3n) is 9.88. The highest BCUT2D eigenvalue weighted by atomic mass is 32.2. The molecule has 0 radical (unpaired) electrons. The number of thioether (sulfide) groups is 1. The molecule has 1 aromatic carbocycles. The molecule has 4 fully saturated rings. The van der Waals surface area contributed by atoms with E-state index in [4.69, 9.17) is 4.74 Å². The predicted molar refractivity (Wildman–Crippen MR) is 157 cm³/mol. The summed E-state index contributed by atoms with van der Waals surface area (Å²) in [5.74, 6) is 0.538. The molecule has 8 nitrogen and oxygen atoms in total. The van der Waals surface area contributed by atoms with Gasteiger partial charge >= 0.3 is 0 Å². The van der Waals surface area contributed by atoms with Crippen LogP contribution in [0.3, 0.4) is 0 Å². The van der Waals surface area contributed by atoms with E-state index in [9.17, 15) is 4.79 Å². The van der Waals surface area contributed by atoms with Crippen LogP contribution in [0, 0.1) is 5.92 Å². The van der Waals surface area contributed by atoms with Crippen LogP contribution in [0.25, 0.3) is 0 Å². The van der Waals surface area contributed by atoms with E-state index in [0.29, 0.717) is 18.0 Å². The first kappa shape index (κ1) is 27.7. The van der Waals surface area contributed by atoms with Crippen molar-refractivity contribution >= 4 is 17.7 Å². The molecule has 1 amide bonds. The number of carbonyl (C=O) groups excluding carboxylic acids is 1. The van der Waals surface area contributed by atoms with Gasteiger partial charge < -0.3 is 19.9 Å². The highest BCUT2D eigenvalue weighted by molar-refractivity contribution is 8.01. The smallest absolute Gasteiger partial charge is 0.246 e. The van der Waals surface area contributed by atoms with Gasteiger partial charge in [-0.15, -0.1) is 11.8 Å². The van der Waals surface area contributed by atoms with E-state index in [2.05, 4.69) is 75.4 Å². The van der Waals surface area contributed by atoms with E-state index in [0.717, 1.165) is 45.8 Å². The predicted octanol–water partition coefficient (Wildman–Crippen LogP) is 2.07. The van der Waals surface area contributed by atoms with Crippen LogP contribution in [0.5, 0.6) is 0 Å². The lowest BCUT2D eigenvalue weighted by atomic mass is 9.73. The fraction of sp³-hybridized carbons (Fsp3) is 0.700. The molecule has 3 N–H and O–H groups in total. The maximum Gasteiger partial charge on any atom is 0.246 e. The normalized spacial score (nSPS) is 37.1. The van der Waals surface area contributed by atoms with Crippen molar-refractivity contribution in [3.8, 4) is 0 Å². The number of hydrogen-bond donors (Lipinski definition) is 3. The summed E-state index contributed by atoms with van der Waals surface area (Å²) in [6, 6.07) is 10.0. The van der Waals surface area contributed by atoms with Crippen molar-refractivity contribution in [2.45, 2.75) is 78.8 Å². The molecule has 9 heteroatoms. The largest absolute Gasteiger partial charge is 0.348 e. The maximum atomic E-state index is 12.6. The Hall–Kier alpha value is -1.46. The van der Waals surface area contributed by atoms with Gasteiger partial charge in [0.2, 0.25) is 5.91 Å². The number of benzene rings is 1. The van der Waals surface area contributed by atoms with E-state index >= 15 is 0 Å². The minimum atomic E-state index is -0.162. The van der Waals surface area contributed by atoms with Crippen LogP contribution >= 0.6 is 11.8 Å². The summed E-state index contributed by atoms with van der Waals surface area (Å²) in [5, 5.41) is 11.1. The van der Waals surface area contributed by atoms with Crippen LogP contribution < -0.4 is 16.0 Å². The van der Waals surface area contributed by atoms with Crippen molar-refractivity contribution in [3.63, 3.8) is 0 Å². The monoisotopic (exact) mass is 554 g/mol. The van der Waals surface area contributed by atoms with Gasteiger partial charge in [-0.05, 0) is 76.9 Å². The minimum Gasteiger partial charge on any atom is -0.348 e. The highest BCUT2D eigenvalue weighted by Gasteiger charge is 2.51. The Kier molecular flexibility index (Phi) is 8.38. The minimum absolute atomic E-state index is 0.0328. The summed E-state index contributed by atoms with van der Waals surface area (Å²) in [7, 11) is 4.18. The Morgan fingerprint density at radius 3 is 2.87 bits per heavy atom. The lowest BCUT2D eigenvalue weighted by Gasteiger charge is -2.55. The van der Waals surface area contributed by atoms with Gasteiger partial charge in [0.25, 0.3) is 0 Å². The first-order chi connectivity index (χ1) is 19.0. The van der Waals surface area contributed by atoms with E-state index in [1.807, 2.05) is 11.9 Å². The Bertz CT molecular complexity index is 1020. The molecule has 6 unspecified atom stereocenters. The number of hydrogen-bond acceptors (Lipinski definition) is 8. The number of rotatable bonds is 7. The first-order valence-corrected chi connectivity index (χ1v) is 15.7. The van der Waals surface area contributed by atoms with E-state index in [-0.39, 0.29) is 29.2 Å². The quantitative estimate of drug-likeness (QED) is 0.443. The van der Waals surface area contributed by atoms with Crippen molar-refractivity contribution in [2.75, 3.05) is 53.4 Å². The van der Waals surface area contributed by atoms with Gasteiger partial charge in [0, 0.05) is 53.8 Å². The third-order valence-corrected chi connectivity index (χ3v) is 11.4. The summed E-state index contributed by atoms with van der Waals surface area (Å²) >= 11 is 2.12. The zero-order valence-corrected chi connectivity index (χ0v) is 24.4. The summed E-state index contributed by atoms with van der Waals surface area (Å²) in [4.78, 5) is 21.1. The summed E-state index contributed by atoms with van der Waals surface area (Å²) in [6.07, 6.45) is 8.75. The summed E-state index contributed by atoms with van der Waals surface area (Å²) < 4.78 is 6.86.